The minimum atomic E-state index is -0.833. The second-order valence-electron chi connectivity index (χ2n) is 4.19. The molecule has 0 aliphatic rings. The molecule has 0 aliphatic carbocycles. The summed E-state index contributed by atoms with van der Waals surface area (Å²) in [7, 11) is 0. The van der Waals surface area contributed by atoms with Crippen molar-refractivity contribution in [2.24, 2.45) is 0 Å². The van der Waals surface area contributed by atoms with Crippen LogP contribution in [0.5, 0.6) is 0 Å². The molecular formula is C14H15Hg2NO4. The molecule has 0 saturated carbocycles. The van der Waals surface area contributed by atoms with Crippen molar-refractivity contribution in [2.45, 2.75) is 13.8 Å². The molecule has 5 nitrogen and oxygen atoms in total. The van der Waals surface area contributed by atoms with E-state index >= 15 is 0 Å². The van der Waals surface area contributed by atoms with Crippen LogP contribution in [0.4, 0.5) is 5.69 Å². The average molecular weight is 662 g/mol. The van der Waals surface area contributed by atoms with E-state index < -0.39 is 11.9 Å². The summed E-state index contributed by atoms with van der Waals surface area (Å²) in [6, 6.07) is 10.8. The molecule has 0 bridgehead atoms. The van der Waals surface area contributed by atoms with Gasteiger partial charge in [-0.3, -0.25) is 9.59 Å². The normalized spacial score (nSPS) is 9.05. The Morgan fingerprint density at radius 3 is 1.76 bits per heavy atom. The Morgan fingerprint density at radius 2 is 1.33 bits per heavy atom. The molecule has 0 aliphatic heterocycles. The zero-order valence-corrected chi connectivity index (χ0v) is 23.1. The summed E-state index contributed by atoms with van der Waals surface area (Å²) in [5.74, 6) is -1.67. The van der Waals surface area contributed by atoms with E-state index in [4.69, 9.17) is 25.5 Å². The first kappa shape index (κ1) is 20.3. The molecule has 0 saturated heterocycles. The number of carboxylic acid groups (broad SMARTS) is 2. The van der Waals surface area contributed by atoms with Crippen LogP contribution in [-0.4, -0.2) is 22.2 Å². The van der Waals surface area contributed by atoms with Crippen molar-refractivity contribution in [3.8, 4) is 0 Å². The van der Waals surface area contributed by atoms with Gasteiger partial charge < -0.3 is 10.2 Å². The van der Waals surface area contributed by atoms with Crippen molar-refractivity contribution in [3.63, 3.8) is 0 Å². The first-order chi connectivity index (χ1) is 9.66. The molecule has 0 amide bonds. The summed E-state index contributed by atoms with van der Waals surface area (Å²) in [6.45, 7) is 2.17. The Kier molecular flexibility index (Phi) is 9.77. The van der Waals surface area contributed by atoms with Gasteiger partial charge in [0.2, 0.25) is 0 Å². The zero-order valence-electron chi connectivity index (χ0n) is 12.1. The molecule has 7 heteroatoms. The van der Waals surface area contributed by atoms with Crippen LogP contribution in [0.2, 0.25) is 0 Å². The second-order valence-corrected chi connectivity index (χ2v) is 10.1. The van der Waals surface area contributed by atoms with Crippen LogP contribution in [0.15, 0.2) is 30.3 Å². The third-order valence-corrected chi connectivity index (χ3v) is 6.81. The molecule has 4 N–H and O–H groups in total. The van der Waals surface area contributed by atoms with Crippen molar-refractivity contribution >= 4 is 34.5 Å². The summed E-state index contributed by atoms with van der Waals surface area (Å²) >= 11 is 1.33. The molecule has 104 valence electrons. The summed E-state index contributed by atoms with van der Waals surface area (Å²) in [6.07, 6.45) is 0. The number of hydrogen-bond donors (Lipinski definition) is 3. The summed E-state index contributed by atoms with van der Waals surface area (Å²) in [4.78, 5) is 18.0. The van der Waals surface area contributed by atoms with Crippen LogP contribution in [-0.2, 0) is 61.8 Å². The van der Waals surface area contributed by atoms with E-state index in [9.17, 15) is 0 Å². The number of benzene rings is 2. The van der Waals surface area contributed by atoms with Gasteiger partial charge in [-0.25, -0.2) is 0 Å². The first-order valence-electron chi connectivity index (χ1n) is 6.01. The van der Waals surface area contributed by atoms with Gasteiger partial charge in [0.25, 0.3) is 11.9 Å². The Labute approximate surface area is 155 Å². The topological polar surface area (TPSA) is 101 Å². The molecule has 0 heterocycles. The van der Waals surface area contributed by atoms with E-state index in [0.29, 0.717) is 52.2 Å². The fourth-order valence-corrected chi connectivity index (χ4v) is 9.75. The van der Waals surface area contributed by atoms with Gasteiger partial charge in [-0.15, -0.1) is 0 Å². The number of hydrogen-bond acceptors (Lipinski definition) is 3. The molecule has 21 heavy (non-hydrogen) atoms. The standard InChI is InChI=1S/C10H7N.2C2H4O2.2Hg/c11-10-7-3-5-8-4-1-2-6-9(8)10;2*1-2(3)4;;/h1-4,6H,11H2;2*1H3,(H,3,4);;. The Bertz CT molecular complexity index is 624. The van der Waals surface area contributed by atoms with Gasteiger partial charge in [0.05, 0.1) is 0 Å². The number of nitrogens with two attached hydrogens (primary N) is 1. The number of carboxylic acids is 2. The van der Waals surface area contributed by atoms with Gasteiger partial charge in [-0.2, -0.15) is 0 Å². The van der Waals surface area contributed by atoms with Crippen molar-refractivity contribution in [1.82, 2.24) is 0 Å². The number of rotatable bonds is 0. The fourth-order valence-electron chi connectivity index (χ4n) is 1.54. The third-order valence-electron chi connectivity index (χ3n) is 2.26. The Balaban J connectivity index is 0.000000421. The molecule has 2 aromatic rings. The van der Waals surface area contributed by atoms with Gasteiger partial charge in [0.1, 0.15) is 0 Å². The van der Waals surface area contributed by atoms with Crippen LogP contribution >= 0.6 is 0 Å². The predicted octanol–water partition coefficient (Wildman–Crippen LogP) is 0.948. The number of nitrogen functional groups attached to an aromatic ring is 1. The molecule has 0 unspecified atom stereocenters. The van der Waals surface area contributed by atoms with Gasteiger partial charge in [0.15, 0.2) is 0 Å². The Morgan fingerprint density at radius 1 is 0.952 bits per heavy atom. The summed E-state index contributed by atoms with van der Waals surface area (Å²) < 4.78 is 2.94. The Hall–Kier alpha value is -0.690. The number of carbonyl (C=O) groups is 2. The molecule has 2 aromatic carbocycles. The second kappa shape index (κ2) is 10.1. The molecule has 0 aromatic heterocycles. The summed E-state index contributed by atoms with van der Waals surface area (Å²) in [5, 5.41) is 17.5. The summed E-state index contributed by atoms with van der Waals surface area (Å²) in [5.41, 5.74) is 7.08. The fraction of sp³-hybridized carbons (Fsp3) is 0.143. The van der Waals surface area contributed by atoms with Gasteiger partial charge >= 0.3 is 111 Å². The van der Waals surface area contributed by atoms with E-state index in [0.717, 1.165) is 19.5 Å². The van der Waals surface area contributed by atoms with Crippen molar-refractivity contribution in [1.29, 1.82) is 0 Å². The van der Waals surface area contributed by atoms with E-state index in [1.54, 1.807) is 0 Å². The zero-order chi connectivity index (χ0) is 16.6. The number of aliphatic carboxylic acids is 2. The maximum absolute atomic E-state index is 9.00. The maximum atomic E-state index is 9.00. The first-order valence-corrected chi connectivity index (χ1v) is 11.5. The minimum absolute atomic E-state index is 0.638. The van der Waals surface area contributed by atoms with E-state index in [1.165, 1.54) is 16.9 Å². The van der Waals surface area contributed by atoms with Gasteiger partial charge in [-0.05, 0) is 0 Å². The van der Waals surface area contributed by atoms with Crippen LogP contribution < -0.4 is 11.9 Å². The van der Waals surface area contributed by atoms with Gasteiger partial charge in [-0.1, -0.05) is 0 Å². The average Bonchev–Trinajstić information content (AvgIpc) is 2.35. The van der Waals surface area contributed by atoms with Crippen LogP contribution in [0.1, 0.15) is 13.8 Å². The van der Waals surface area contributed by atoms with E-state index in [-0.39, 0.29) is 0 Å². The third kappa shape index (κ3) is 8.36. The van der Waals surface area contributed by atoms with Crippen LogP contribution in [0.25, 0.3) is 10.8 Å². The van der Waals surface area contributed by atoms with E-state index in [1.807, 2.05) is 0 Å². The van der Waals surface area contributed by atoms with E-state index in [2.05, 4.69) is 30.3 Å². The van der Waals surface area contributed by atoms with Crippen molar-refractivity contribution < 1.29 is 72.0 Å². The number of fused-ring (bicyclic) bond motifs is 1. The molecule has 2 rings (SSSR count). The van der Waals surface area contributed by atoms with Gasteiger partial charge in [0, 0.05) is 13.8 Å². The molecule has 0 atom stereocenters. The predicted molar refractivity (Wildman–Crippen MR) is 74.2 cm³/mol. The quantitative estimate of drug-likeness (QED) is 0.289. The van der Waals surface area contributed by atoms with Crippen LogP contribution in [0, 0.1) is 0 Å². The molecule has 0 spiro atoms. The van der Waals surface area contributed by atoms with Crippen LogP contribution in [0.3, 0.4) is 0 Å². The van der Waals surface area contributed by atoms with Crippen molar-refractivity contribution in [3.05, 3.63) is 30.3 Å². The number of anilines is 1. The SMILES string of the molecule is CC(=O)O.CC(=O)O.Nc1[c]([Hg])c[c]([Hg])c2ccccc12. The van der Waals surface area contributed by atoms with Crippen molar-refractivity contribution in [2.75, 3.05) is 5.73 Å². The molecule has 0 radical (unpaired) electrons. The monoisotopic (exact) mass is 665 g/mol. The molecular weight excluding hydrogens is 647 g/mol. The molecule has 0 fully saturated rings.